The highest BCUT2D eigenvalue weighted by molar-refractivity contribution is 7.10. The third-order valence-corrected chi connectivity index (χ3v) is 5.66. The number of aliphatic hydroxyl groups excluding tert-OH is 1. The molecule has 4 nitrogen and oxygen atoms in total. The molecule has 122 valence electrons. The average Bonchev–Trinajstić information content (AvgIpc) is 3.08. The van der Waals surface area contributed by atoms with E-state index in [0.717, 1.165) is 18.5 Å². The zero-order valence-electron chi connectivity index (χ0n) is 13.3. The summed E-state index contributed by atoms with van der Waals surface area (Å²) in [7, 11) is 0. The first-order chi connectivity index (χ1) is 11.2. The molecule has 0 radical (unpaired) electrons. The van der Waals surface area contributed by atoms with Crippen molar-refractivity contribution in [2.45, 2.75) is 31.8 Å². The van der Waals surface area contributed by atoms with Gasteiger partial charge < -0.3 is 15.3 Å². The standard InChI is InChI=1S/C18H22N2O2S/c1-2-18(13-21,15-6-4-3-5-7-15)19-17(22)20-10-8-16-14(12-20)9-11-23-16/h3-7,9,11,21H,2,8,10,12-13H2,1H3,(H,19,22)/t18-/m0/s1. The topological polar surface area (TPSA) is 52.6 Å². The van der Waals surface area contributed by atoms with Crippen LogP contribution < -0.4 is 5.32 Å². The van der Waals surface area contributed by atoms with Gasteiger partial charge in [0.05, 0.1) is 12.1 Å². The highest BCUT2D eigenvalue weighted by Crippen LogP contribution is 2.27. The number of hydrogen-bond acceptors (Lipinski definition) is 3. The summed E-state index contributed by atoms with van der Waals surface area (Å²) in [6.45, 7) is 3.23. The van der Waals surface area contributed by atoms with Crippen molar-refractivity contribution in [2.75, 3.05) is 13.2 Å². The summed E-state index contributed by atoms with van der Waals surface area (Å²) in [5.74, 6) is 0. The molecule has 1 aromatic heterocycles. The van der Waals surface area contributed by atoms with Crippen LogP contribution in [0.25, 0.3) is 0 Å². The number of nitrogens with one attached hydrogen (secondary N) is 1. The Labute approximate surface area is 140 Å². The molecule has 0 saturated carbocycles. The van der Waals surface area contributed by atoms with Crippen LogP contribution in [0.4, 0.5) is 4.79 Å². The Morgan fingerprint density at radius 1 is 1.35 bits per heavy atom. The van der Waals surface area contributed by atoms with E-state index in [9.17, 15) is 9.90 Å². The summed E-state index contributed by atoms with van der Waals surface area (Å²) >= 11 is 1.76. The lowest BCUT2D eigenvalue weighted by Gasteiger charge is -2.36. The number of carbonyl (C=O) groups excluding carboxylic acids is 1. The fourth-order valence-corrected chi connectivity index (χ4v) is 3.96. The van der Waals surface area contributed by atoms with Gasteiger partial charge in [0, 0.05) is 18.0 Å². The molecule has 0 spiro atoms. The van der Waals surface area contributed by atoms with E-state index < -0.39 is 5.54 Å². The summed E-state index contributed by atoms with van der Waals surface area (Å²) in [6, 6.07) is 11.7. The molecular formula is C18H22N2O2S. The summed E-state index contributed by atoms with van der Waals surface area (Å²) < 4.78 is 0. The fraction of sp³-hybridized carbons (Fsp3) is 0.389. The van der Waals surface area contributed by atoms with Gasteiger partial charge in [-0.3, -0.25) is 0 Å². The number of carbonyl (C=O) groups is 1. The van der Waals surface area contributed by atoms with Crippen LogP contribution in [0, 0.1) is 0 Å². The molecule has 2 heterocycles. The third kappa shape index (κ3) is 3.12. The third-order valence-electron chi connectivity index (χ3n) is 4.64. The van der Waals surface area contributed by atoms with Crippen LogP contribution >= 0.6 is 11.3 Å². The minimum atomic E-state index is -0.729. The number of amides is 2. The van der Waals surface area contributed by atoms with Gasteiger partial charge in [0.25, 0.3) is 0 Å². The van der Waals surface area contributed by atoms with E-state index in [1.165, 1.54) is 10.4 Å². The second-order valence-corrected chi connectivity index (χ2v) is 6.93. The minimum Gasteiger partial charge on any atom is -0.394 e. The van der Waals surface area contributed by atoms with Crippen LogP contribution in [0.5, 0.6) is 0 Å². The SMILES string of the molecule is CC[C@@](CO)(NC(=O)N1CCc2sccc2C1)c1ccccc1. The van der Waals surface area contributed by atoms with Gasteiger partial charge >= 0.3 is 6.03 Å². The van der Waals surface area contributed by atoms with Crippen LogP contribution in [0.15, 0.2) is 41.8 Å². The maximum absolute atomic E-state index is 12.7. The molecule has 3 rings (SSSR count). The van der Waals surface area contributed by atoms with Gasteiger partial charge in [0.15, 0.2) is 0 Å². The van der Waals surface area contributed by atoms with E-state index >= 15 is 0 Å². The first-order valence-corrected chi connectivity index (χ1v) is 8.85. The van der Waals surface area contributed by atoms with E-state index in [1.54, 1.807) is 11.3 Å². The molecule has 1 aromatic carbocycles. The van der Waals surface area contributed by atoms with Gasteiger partial charge in [-0.05, 0) is 35.4 Å². The Hall–Kier alpha value is -1.85. The maximum Gasteiger partial charge on any atom is 0.318 e. The Kier molecular flexibility index (Phi) is 4.68. The van der Waals surface area contributed by atoms with Crippen molar-refractivity contribution in [2.24, 2.45) is 0 Å². The van der Waals surface area contributed by atoms with E-state index in [0.29, 0.717) is 13.0 Å². The number of hydrogen-bond donors (Lipinski definition) is 2. The molecule has 0 bridgehead atoms. The van der Waals surface area contributed by atoms with Crippen molar-refractivity contribution in [3.63, 3.8) is 0 Å². The summed E-state index contributed by atoms with van der Waals surface area (Å²) in [5.41, 5.74) is 1.45. The first kappa shape index (κ1) is 16.0. The molecule has 0 unspecified atom stereocenters. The van der Waals surface area contributed by atoms with Crippen molar-refractivity contribution < 1.29 is 9.90 Å². The number of nitrogens with zero attached hydrogens (tertiary/aromatic N) is 1. The lowest BCUT2D eigenvalue weighted by Crippen LogP contribution is -2.53. The molecule has 5 heteroatoms. The Morgan fingerprint density at radius 2 is 2.13 bits per heavy atom. The Balaban J connectivity index is 1.77. The lowest BCUT2D eigenvalue weighted by atomic mass is 9.88. The Bertz CT molecular complexity index is 665. The largest absolute Gasteiger partial charge is 0.394 e. The van der Waals surface area contributed by atoms with Crippen LogP contribution in [0.2, 0.25) is 0 Å². The smallest absolute Gasteiger partial charge is 0.318 e. The molecule has 2 aromatic rings. The van der Waals surface area contributed by atoms with Crippen LogP contribution in [-0.4, -0.2) is 29.2 Å². The summed E-state index contributed by atoms with van der Waals surface area (Å²) in [5, 5.41) is 15.1. The molecule has 0 saturated heterocycles. The number of aliphatic hydroxyl groups is 1. The van der Waals surface area contributed by atoms with Gasteiger partial charge in [-0.2, -0.15) is 0 Å². The van der Waals surface area contributed by atoms with Gasteiger partial charge in [0.2, 0.25) is 0 Å². The lowest BCUT2D eigenvalue weighted by molar-refractivity contribution is 0.136. The molecule has 0 aliphatic carbocycles. The van der Waals surface area contributed by atoms with Crippen molar-refractivity contribution in [1.29, 1.82) is 0 Å². The molecule has 1 atom stereocenters. The van der Waals surface area contributed by atoms with Gasteiger partial charge in [0.1, 0.15) is 0 Å². The second kappa shape index (κ2) is 6.72. The van der Waals surface area contributed by atoms with Gasteiger partial charge in [-0.1, -0.05) is 37.3 Å². The summed E-state index contributed by atoms with van der Waals surface area (Å²) in [4.78, 5) is 16.0. The molecular weight excluding hydrogens is 308 g/mol. The molecule has 23 heavy (non-hydrogen) atoms. The zero-order valence-corrected chi connectivity index (χ0v) is 14.1. The number of benzene rings is 1. The van der Waals surface area contributed by atoms with Crippen molar-refractivity contribution in [3.05, 3.63) is 57.8 Å². The average molecular weight is 330 g/mol. The summed E-state index contributed by atoms with van der Waals surface area (Å²) in [6.07, 6.45) is 1.54. The zero-order chi connectivity index (χ0) is 16.3. The van der Waals surface area contributed by atoms with E-state index in [2.05, 4.69) is 16.8 Å². The first-order valence-electron chi connectivity index (χ1n) is 7.97. The molecule has 2 N–H and O–H groups in total. The number of urea groups is 1. The second-order valence-electron chi connectivity index (χ2n) is 5.93. The van der Waals surface area contributed by atoms with E-state index in [-0.39, 0.29) is 12.6 Å². The monoisotopic (exact) mass is 330 g/mol. The van der Waals surface area contributed by atoms with Crippen LogP contribution in [0.1, 0.15) is 29.3 Å². The molecule has 1 aliphatic heterocycles. The number of fused-ring (bicyclic) bond motifs is 1. The van der Waals surface area contributed by atoms with Crippen LogP contribution in [-0.2, 0) is 18.5 Å². The van der Waals surface area contributed by atoms with E-state index in [4.69, 9.17) is 0 Å². The van der Waals surface area contributed by atoms with Gasteiger partial charge in [-0.25, -0.2) is 4.79 Å². The predicted molar refractivity (Wildman–Crippen MR) is 92.5 cm³/mol. The Morgan fingerprint density at radius 3 is 2.83 bits per heavy atom. The van der Waals surface area contributed by atoms with Crippen molar-refractivity contribution in [3.8, 4) is 0 Å². The fourth-order valence-electron chi connectivity index (χ4n) is 3.07. The van der Waals surface area contributed by atoms with Gasteiger partial charge in [-0.15, -0.1) is 11.3 Å². The number of rotatable bonds is 4. The molecule has 1 aliphatic rings. The number of thiophene rings is 1. The van der Waals surface area contributed by atoms with Crippen LogP contribution in [0.3, 0.4) is 0 Å². The highest BCUT2D eigenvalue weighted by atomic mass is 32.1. The predicted octanol–water partition coefficient (Wildman–Crippen LogP) is 3.11. The van der Waals surface area contributed by atoms with Crippen molar-refractivity contribution >= 4 is 17.4 Å². The molecule has 0 fully saturated rings. The van der Waals surface area contributed by atoms with Crippen molar-refractivity contribution in [1.82, 2.24) is 10.2 Å². The molecule has 2 amide bonds. The quantitative estimate of drug-likeness (QED) is 0.905. The van der Waals surface area contributed by atoms with E-state index in [1.807, 2.05) is 42.2 Å². The minimum absolute atomic E-state index is 0.110. The normalized spacial score (nSPS) is 16.5. The maximum atomic E-state index is 12.7. The highest BCUT2D eigenvalue weighted by Gasteiger charge is 2.33.